The number of benzene rings is 9. The number of nitrogens with zero attached hydrogens (tertiary/aromatic N) is 4. The van der Waals surface area contributed by atoms with Crippen molar-refractivity contribution >= 4 is 91.9 Å². The molecule has 0 saturated carbocycles. The summed E-state index contributed by atoms with van der Waals surface area (Å²) < 4.78 is 1.05. The van der Waals surface area contributed by atoms with E-state index in [0.717, 1.165) is 48.8 Å². The van der Waals surface area contributed by atoms with Crippen molar-refractivity contribution < 1.29 is 0 Å². The van der Waals surface area contributed by atoms with Crippen molar-refractivity contribution in [1.29, 1.82) is 0 Å². The number of rotatable bonds is 6. The minimum Gasteiger partial charge on any atom is -0.311 e. The maximum atomic E-state index is 4.77. The Kier molecular flexibility index (Phi) is 8.00. The monoisotopic (exact) mass is 782 g/mol. The summed E-state index contributed by atoms with van der Waals surface area (Å²) in [6, 6.07) is 70.3. The average molecular weight is 783 g/mol. The Labute approximate surface area is 350 Å². The van der Waals surface area contributed by atoms with E-state index in [1.165, 1.54) is 65.3 Å². The third kappa shape index (κ3) is 5.78. The van der Waals surface area contributed by atoms with Gasteiger partial charge in [-0.1, -0.05) is 133 Å². The molecule has 0 aliphatic heterocycles. The number of anilines is 3. The van der Waals surface area contributed by atoms with E-state index < -0.39 is 0 Å². The first-order valence-electron chi connectivity index (χ1n) is 20.1. The third-order valence-electron chi connectivity index (χ3n) is 11.8. The zero-order valence-electron chi connectivity index (χ0n) is 32.3. The standard InChI is InChI=1S/C55H34N4S/c1-3-8-47-37(6-1)11-13-42-32-40(21-29-49(42)47)35-15-23-44(24-16-35)59(46-27-19-39(20-28-46)52-54-53(58-34-57-52)51-10-5-31-56-55(51)60-54)45-25-17-36(18-26-45)41-22-30-50-43(33-41)14-12-38-7-2-4-9-48(38)50/h1-34H. The van der Waals surface area contributed by atoms with Crippen molar-refractivity contribution in [1.82, 2.24) is 15.0 Å². The molecular weight excluding hydrogens is 749 g/mol. The summed E-state index contributed by atoms with van der Waals surface area (Å²) in [5, 5.41) is 11.2. The Morgan fingerprint density at radius 3 is 1.38 bits per heavy atom. The zero-order chi connectivity index (χ0) is 39.6. The molecule has 280 valence electrons. The highest BCUT2D eigenvalue weighted by Crippen LogP contribution is 2.41. The van der Waals surface area contributed by atoms with Crippen LogP contribution in [0.4, 0.5) is 17.1 Å². The fraction of sp³-hybridized carbons (Fsp3) is 0. The SMILES string of the molecule is c1ccc2c(c1)ccc1cc(-c3ccc(N(c4ccc(-c5ccc6c(ccc7ccccc76)c5)cc4)c4ccc(-c5ncnc6c5sc5ncccc56)cc4)cc3)ccc12. The van der Waals surface area contributed by atoms with E-state index in [2.05, 4.69) is 203 Å². The summed E-state index contributed by atoms with van der Waals surface area (Å²) in [6.45, 7) is 0. The molecule has 5 heteroatoms. The molecule has 60 heavy (non-hydrogen) atoms. The third-order valence-corrected chi connectivity index (χ3v) is 12.9. The lowest BCUT2D eigenvalue weighted by atomic mass is 9.97. The van der Waals surface area contributed by atoms with E-state index in [1.54, 1.807) is 17.7 Å². The van der Waals surface area contributed by atoms with Gasteiger partial charge in [0.05, 0.1) is 15.9 Å². The quantitative estimate of drug-likeness (QED) is 0.158. The van der Waals surface area contributed by atoms with Gasteiger partial charge in [0, 0.05) is 34.2 Å². The van der Waals surface area contributed by atoms with E-state index in [9.17, 15) is 0 Å². The number of fused-ring (bicyclic) bond motifs is 9. The first-order valence-corrected chi connectivity index (χ1v) is 21.0. The van der Waals surface area contributed by atoms with Crippen LogP contribution in [0, 0.1) is 0 Å². The minimum atomic E-state index is 0.918. The maximum Gasteiger partial charge on any atom is 0.126 e. The molecule has 0 aliphatic carbocycles. The fourth-order valence-electron chi connectivity index (χ4n) is 8.82. The highest BCUT2D eigenvalue weighted by molar-refractivity contribution is 7.25. The van der Waals surface area contributed by atoms with Gasteiger partial charge < -0.3 is 4.90 Å². The lowest BCUT2D eigenvalue weighted by molar-refractivity contribution is 1.23. The van der Waals surface area contributed by atoms with Crippen molar-refractivity contribution in [2.45, 2.75) is 0 Å². The summed E-state index contributed by atoms with van der Waals surface area (Å²) >= 11 is 1.64. The van der Waals surface area contributed by atoms with E-state index in [-0.39, 0.29) is 0 Å². The minimum absolute atomic E-state index is 0.918. The van der Waals surface area contributed by atoms with Crippen molar-refractivity contribution in [3.63, 3.8) is 0 Å². The van der Waals surface area contributed by atoms with Crippen molar-refractivity contribution in [3.05, 3.63) is 207 Å². The molecule has 0 radical (unpaired) electrons. The van der Waals surface area contributed by atoms with Gasteiger partial charge in [-0.15, -0.1) is 11.3 Å². The smallest absolute Gasteiger partial charge is 0.126 e. The average Bonchev–Trinajstić information content (AvgIpc) is 3.71. The second kappa shape index (κ2) is 14.0. The molecule has 9 aromatic carbocycles. The molecule has 12 rings (SSSR count). The summed E-state index contributed by atoms with van der Waals surface area (Å²) in [6.07, 6.45) is 3.50. The Morgan fingerprint density at radius 1 is 0.350 bits per heavy atom. The van der Waals surface area contributed by atoms with Gasteiger partial charge in [0.25, 0.3) is 0 Å². The van der Waals surface area contributed by atoms with Crippen molar-refractivity contribution in [3.8, 4) is 33.5 Å². The fourth-order valence-corrected chi connectivity index (χ4v) is 9.93. The summed E-state index contributed by atoms with van der Waals surface area (Å²) in [5.74, 6) is 0. The molecule has 12 aromatic rings. The first-order chi connectivity index (χ1) is 29.7. The van der Waals surface area contributed by atoms with Crippen LogP contribution >= 0.6 is 11.3 Å². The van der Waals surface area contributed by atoms with Crippen LogP contribution in [0.2, 0.25) is 0 Å². The van der Waals surface area contributed by atoms with Crippen LogP contribution in [-0.4, -0.2) is 15.0 Å². The van der Waals surface area contributed by atoms with Gasteiger partial charge >= 0.3 is 0 Å². The second-order valence-corrected chi connectivity index (χ2v) is 16.3. The largest absolute Gasteiger partial charge is 0.311 e. The number of hydrogen-bond acceptors (Lipinski definition) is 5. The predicted molar refractivity (Wildman–Crippen MR) is 254 cm³/mol. The Morgan fingerprint density at radius 2 is 0.817 bits per heavy atom. The molecule has 3 heterocycles. The first kappa shape index (κ1) is 34.3. The molecule has 4 nitrogen and oxygen atoms in total. The highest BCUT2D eigenvalue weighted by Gasteiger charge is 2.17. The van der Waals surface area contributed by atoms with E-state index in [1.807, 2.05) is 12.3 Å². The molecule has 0 bridgehead atoms. The highest BCUT2D eigenvalue weighted by atomic mass is 32.1. The molecule has 0 fully saturated rings. The van der Waals surface area contributed by atoms with Crippen LogP contribution in [0.1, 0.15) is 0 Å². The summed E-state index contributed by atoms with van der Waals surface area (Å²) in [7, 11) is 0. The van der Waals surface area contributed by atoms with Crippen LogP contribution in [0.3, 0.4) is 0 Å². The van der Waals surface area contributed by atoms with Gasteiger partial charge in [-0.2, -0.15) is 0 Å². The number of pyridine rings is 1. The topological polar surface area (TPSA) is 41.9 Å². The van der Waals surface area contributed by atoms with E-state index in [4.69, 9.17) is 4.98 Å². The molecule has 0 saturated heterocycles. The van der Waals surface area contributed by atoms with Gasteiger partial charge in [0.1, 0.15) is 11.2 Å². The number of aromatic nitrogens is 3. The summed E-state index contributed by atoms with van der Waals surface area (Å²) in [5.41, 5.74) is 10.8. The Balaban J connectivity index is 0.923. The van der Waals surface area contributed by atoms with Gasteiger partial charge in [-0.25, -0.2) is 15.0 Å². The summed E-state index contributed by atoms with van der Waals surface area (Å²) in [4.78, 5) is 17.3. The van der Waals surface area contributed by atoms with Crippen LogP contribution < -0.4 is 4.90 Å². The van der Waals surface area contributed by atoms with Crippen LogP contribution in [0.5, 0.6) is 0 Å². The van der Waals surface area contributed by atoms with Crippen LogP contribution in [-0.2, 0) is 0 Å². The molecule has 3 aromatic heterocycles. The molecule has 0 spiro atoms. The van der Waals surface area contributed by atoms with Gasteiger partial charge in [-0.3, -0.25) is 0 Å². The lowest BCUT2D eigenvalue weighted by Crippen LogP contribution is -2.09. The zero-order valence-corrected chi connectivity index (χ0v) is 33.1. The van der Waals surface area contributed by atoms with Gasteiger partial charge in [-0.05, 0) is 126 Å². The van der Waals surface area contributed by atoms with Crippen molar-refractivity contribution in [2.24, 2.45) is 0 Å². The molecule has 0 amide bonds. The second-order valence-electron chi connectivity index (χ2n) is 15.3. The Hall–Kier alpha value is -7.73. The number of thiophene rings is 1. The van der Waals surface area contributed by atoms with Crippen LogP contribution in [0.25, 0.3) is 97.0 Å². The molecule has 0 N–H and O–H groups in total. The van der Waals surface area contributed by atoms with E-state index >= 15 is 0 Å². The van der Waals surface area contributed by atoms with Gasteiger partial charge in [0.2, 0.25) is 0 Å². The molecule has 0 unspecified atom stereocenters. The molecule has 0 atom stereocenters. The normalized spacial score (nSPS) is 11.7. The van der Waals surface area contributed by atoms with Crippen LogP contribution in [0.15, 0.2) is 207 Å². The lowest BCUT2D eigenvalue weighted by Gasteiger charge is -2.26. The number of hydrogen-bond donors (Lipinski definition) is 0. The van der Waals surface area contributed by atoms with Gasteiger partial charge in [0.15, 0.2) is 0 Å². The van der Waals surface area contributed by atoms with E-state index in [0.29, 0.717) is 0 Å². The molecule has 0 aliphatic rings. The maximum absolute atomic E-state index is 4.77. The van der Waals surface area contributed by atoms with Crippen molar-refractivity contribution in [2.75, 3.05) is 4.90 Å². The Bertz CT molecular complexity index is 3430. The molecular formula is C55H34N4S. The predicted octanol–water partition coefficient (Wildman–Crippen LogP) is 15.3.